The van der Waals surface area contributed by atoms with Crippen LogP contribution in [0.5, 0.6) is 0 Å². The normalized spacial score (nSPS) is 10.3. The van der Waals surface area contributed by atoms with Crippen LogP contribution in [0.3, 0.4) is 0 Å². The van der Waals surface area contributed by atoms with Gasteiger partial charge in [-0.1, -0.05) is 18.2 Å². The van der Waals surface area contributed by atoms with Crippen molar-refractivity contribution >= 4 is 29.6 Å². The lowest BCUT2D eigenvalue weighted by atomic mass is 10.3. The van der Waals surface area contributed by atoms with E-state index in [0.29, 0.717) is 37.5 Å². The fourth-order valence-electron chi connectivity index (χ4n) is 2.06. The van der Waals surface area contributed by atoms with Crippen LogP contribution < -0.4 is 26.6 Å². The van der Waals surface area contributed by atoms with Gasteiger partial charge in [-0.05, 0) is 32.9 Å². The van der Waals surface area contributed by atoms with Crippen molar-refractivity contribution in [3.8, 4) is 0 Å². The smallest absolute Gasteiger partial charge is 0.319 e. The molecule has 1 aromatic heterocycles. The van der Waals surface area contributed by atoms with Crippen molar-refractivity contribution < 1.29 is 4.79 Å². The maximum atomic E-state index is 11.8. The molecule has 0 aliphatic carbocycles. The highest BCUT2D eigenvalue weighted by molar-refractivity contribution is 5.89. The molecule has 0 aliphatic heterocycles. The molecule has 1 heterocycles. The molecule has 2 aromatic rings. The van der Waals surface area contributed by atoms with Crippen LogP contribution in [0.25, 0.3) is 0 Å². The van der Waals surface area contributed by atoms with Crippen LogP contribution in [0.15, 0.2) is 30.3 Å². The zero-order valence-electron chi connectivity index (χ0n) is 15.3. The van der Waals surface area contributed by atoms with Gasteiger partial charge in [-0.15, -0.1) is 0 Å². The second-order valence-electron chi connectivity index (χ2n) is 5.81. The van der Waals surface area contributed by atoms with E-state index in [0.717, 1.165) is 5.69 Å². The molecule has 0 saturated carbocycles. The van der Waals surface area contributed by atoms with Crippen molar-refractivity contribution in [2.45, 2.75) is 26.8 Å². The Bertz CT molecular complexity index is 692. The van der Waals surface area contributed by atoms with Crippen molar-refractivity contribution in [1.82, 2.24) is 20.3 Å². The minimum atomic E-state index is -0.260. The second-order valence-corrected chi connectivity index (χ2v) is 5.81. The number of hydrogen-bond donors (Lipinski definition) is 5. The van der Waals surface area contributed by atoms with Crippen molar-refractivity contribution in [3.63, 3.8) is 0 Å². The lowest BCUT2D eigenvalue weighted by molar-refractivity contribution is 0.252. The molecule has 0 atom stereocenters. The number of amides is 2. The summed E-state index contributed by atoms with van der Waals surface area (Å²) in [6.45, 7) is 7.62. The van der Waals surface area contributed by atoms with Crippen molar-refractivity contribution in [2.75, 3.05) is 40.9 Å². The van der Waals surface area contributed by atoms with E-state index in [1.807, 2.05) is 51.1 Å². The number of benzene rings is 1. The summed E-state index contributed by atoms with van der Waals surface area (Å²) >= 11 is 0. The van der Waals surface area contributed by atoms with Gasteiger partial charge < -0.3 is 26.6 Å². The average Bonchev–Trinajstić information content (AvgIpc) is 2.59. The summed E-state index contributed by atoms with van der Waals surface area (Å²) in [5, 5.41) is 14.9. The molecule has 0 radical (unpaired) electrons. The molecular weight excluding hydrogens is 332 g/mol. The molecule has 9 nitrogen and oxygen atoms in total. The van der Waals surface area contributed by atoms with Crippen LogP contribution in [-0.2, 0) is 0 Å². The van der Waals surface area contributed by atoms with Gasteiger partial charge in [-0.3, -0.25) is 0 Å². The van der Waals surface area contributed by atoms with E-state index in [4.69, 9.17) is 0 Å². The number of rotatable bonds is 9. The number of anilines is 4. The molecule has 2 rings (SSSR count). The van der Waals surface area contributed by atoms with Gasteiger partial charge in [0.15, 0.2) is 0 Å². The predicted molar refractivity (Wildman–Crippen MR) is 105 cm³/mol. The van der Waals surface area contributed by atoms with Crippen molar-refractivity contribution in [3.05, 3.63) is 30.3 Å². The molecule has 26 heavy (non-hydrogen) atoms. The molecule has 0 bridgehead atoms. The summed E-state index contributed by atoms with van der Waals surface area (Å²) in [7, 11) is 0. The first-order chi connectivity index (χ1) is 12.6. The largest absolute Gasteiger partial charge is 0.354 e. The van der Waals surface area contributed by atoms with Crippen LogP contribution in [-0.4, -0.2) is 46.7 Å². The summed E-state index contributed by atoms with van der Waals surface area (Å²) in [6, 6.07) is 9.23. The van der Waals surface area contributed by atoms with E-state index in [1.54, 1.807) is 0 Å². The molecular formula is C17H26N8O. The standard InChI is InChI=1S/C17H26N8O/c1-4-18-14-23-15(25-16(24-14)21-12(2)3)19-10-11-20-17(26)22-13-8-6-5-7-9-13/h5-9,12H,4,10-11H2,1-3H3,(H2,20,22,26)(H3,18,19,21,23,24,25). The fourth-order valence-corrected chi connectivity index (χ4v) is 2.06. The van der Waals surface area contributed by atoms with Gasteiger partial charge in [0, 0.05) is 31.4 Å². The lowest BCUT2D eigenvalue weighted by Crippen LogP contribution is -2.32. The number of nitrogens with zero attached hydrogens (tertiary/aromatic N) is 3. The third-order valence-corrected chi connectivity index (χ3v) is 3.11. The van der Waals surface area contributed by atoms with E-state index in [2.05, 4.69) is 41.5 Å². The summed E-state index contributed by atoms with van der Waals surface area (Å²) in [5.74, 6) is 1.45. The predicted octanol–water partition coefficient (Wildman–Crippen LogP) is 2.36. The monoisotopic (exact) mass is 358 g/mol. The molecule has 1 aromatic carbocycles. The summed E-state index contributed by atoms with van der Waals surface area (Å²) < 4.78 is 0. The Kier molecular flexibility index (Phi) is 7.41. The van der Waals surface area contributed by atoms with Gasteiger partial charge in [-0.2, -0.15) is 15.0 Å². The maximum Gasteiger partial charge on any atom is 0.319 e. The van der Waals surface area contributed by atoms with Crippen LogP contribution >= 0.6 is 0 Å². The first kappa shape index (κ1) is 19.2. The van der Waals surface area contributed by atoms with Crippen LogP contribution in [0.1, 0.15) is 20.8 Å². The zero-order valence-corrected chi connectivity index (χ0v) is 15.3. The highest BCUT2D eigenvalue weighted by Crippen LogP contribution is 2.10. The molecule has 0 spiro atoms. The lowest BCUT2D eigenvalue weighted by Gasteiger charge is -2.12. The Balaban J connectivity index is 1.82. The van der Waals surface area contributed by atoms with Gasteiger partial charge in [0.1, 0.15) is 0 Å². The summed E-state index contributed by atoms with van der Waals surface area (Å²) in [4.78, 5) is 24.8. The molecule has 5 N–H and O–H groups in total. The number of para-hydroxylation sites is 1. The Morgan fingerprint density at radius 3 is 2.27 bits per heavy atom. The van der Waals surface area contributed by atoms with Gasteiger partial charge in [0.05, 0.1) is 0 Å². The molecule has 0 aliphatic rings. The molecule has 9 heteroatoms. The molecule has 140 valence electrons. The first-order valence-electron chi connectivity index (χ1n) is 8.67. The van der Waals surface area contributed by atoms with E-state index in [-0.39, 0.29) is 12.1 Å². The van der Waals surface area contributed by atoms with Gasteiger partial charge in [-0.25, -0.2) is 4.79 Å². The molecule has 0 saturated heterocycles. The average molecular weight is 358 g/mol. The minimum Gasteiger partial charge on any atom is -0.354 e. The Morgan fingerprint density at radius 1 is 0.962 bits per heavy atom. The Hall–Kier alpha value is -3.10. The third kappa shape index (κ3) is 6.80. The van der Waals surface area contributed by atoms with Gasteiger partial charge >= 0.3 is 6.03 Å². The van der Waals surface area contributed by atoms with Crippen molar-refractivity contribution in [2.24, 2.45) is 0 Å². The Morgan fingerprint density at radius 2 is 1.62 bits per heavy atom. The molecule has 2 amide bonds. The van der Waals surface area contributed by atoms with Crippen molar-refractivity contribution in [1.29, 1.82) is 0 Å². The van der Waals surface area contributed by atoms with Gasteiger partial charge in [0.25, 0.3) is 0 Å². The zero-order chi connectivity index (χ0) is 18.8. The van der Waals surface area contributed by atoms with E-state index < -0.39 is 0 Å². The highest BCUT2D eigenvalue weighted by atomic mass is 16.2. The van der Waals surface area contributed by atoms with E-state index in [9.17, 15) is 4.79 Å². The highest BCUT2D eigenvalue weighted by Gasteiger charge is 2.07. The third-order valence-electron chi connectivity index (χ3n) is 3.11. The number of aromatic nitrogens is 3. The Labute approximate surface area is 153 Å². The number of carbonyl (C=O) groups is 1. The van der Waals surface area contributed by atoms with Crippen LogP contribution in [0.2, 0.25) is 0 Å². The summed E-state index contributed by atoms with van der Waals surface area (Å²) in [5.41, 5.74) is 0.745. The molecule has 0 unspecified atom stereocenters. The van der Waals surface area contributed by atoms with Crippen LogP contribution in [0.4, 0.5) is 28.3 Å². The minimum absolute atomic E-state index is 0.211. The topological polar surface area (TPSA) is 116 Å². The second kappa shape index (κ2) is 10.0. The SMILES string of the molecule is CCNc1nc(NCCNC(=O)Nc2ccccc2)nc(NC(C)C)n1. The number of carbonyl (C=O) groups excluding carboxylic acids is 1. The van der Waals surface area contributed by atoms with E-state index in [1.165, 1.54) is 0 Å². The summed E-state index contributed by atoms with van der Waals surface area (Å²) in [6.07, 6.45) is 0. The molecule has 0 fully saturated rings. The van der Waals surface area contributed by atoms with Crippen LogP contribution in [0, 0.1) is 0 Å². The van der Waals surface area contributed by atoms with Gasteiger partial charge in [0.2, 0.25) is 17.8 Å². The number of nitrogens with one attached hydrogen (secondary N) is 5. The van der Waals surface area contributed by atoms with E-state index >= 15 is 0 Å². The number of urea groups is 1. The maximum absolute atomic E-state index is 11.8. The first-order valence-corrected chi connectivity index (χ1v) is 8.67. The fraction of sp³-hybridized carbons (Fsp3) is 0.412. The quantitative estimate of drug-likeness (QED) is 0.437. The number of hydrogen-bond acceptors (Lipinski definition) is 7.